The summed E-state index contributed by atoms with van der Waals surface area (Å²) in [4.78, 5) is 23.8. The summed E-state index contributed by atoms with van der Waals surface area (Å²) in [6.07, 6.45) is 0. The Morgan fingerprint density at radius 2 is 1.80 bits per heavy atom. The highest BCUT2D eigenvalue weighted by Gasteiger charge is 2.15. The summed E-state index contributed by atoms with van der Waals surface area (Å²) >= 11 is 0. The van der Waals surface area contributed by atoms with E-state index in [-0.39, 0.29) is 12.5 Å². The molecule has 1 N–H and O–H groups in total. The van der Waals surface area contributed by atoms with E-state index in [9.17, 15) is 9.59 Å². The van der Waals surface area contributed by atoms with Crippen molar-refractivity contribution in [2.24, 2.45) is 0 Å². The number of hydrogen-bond acceptors (Lipinski definition) is 5. The molecule has 7 nitrogen and oxygen atoms in total. The number of nitrogens with one attached hydrogen (secondary N) is 1. The Hall–Kier alpha value is -3.87. The van der Waals surface area contributed by atoms with E-state index in [0.29, 0.717) is 22.7 Å². The van der Waals surface area contributed by atoms with Gasteiger partial charge in [-0.05, 0) is 51.1 Å². The first-order valence-electron chi connectivity index (χ1n) is 9.50. The summed E-state index contributed by atoms with van der Waals surface area (Å²) in [5.41, 5.74) is 4.27. The lowest BCUT2D eigenvalue weighted by molar-refractivity contribution is -0.118. The number of aryl methyl sites for hydroxylation is 2. The van der Waals surface area contributed by atoms with Crippen molar-refractivity contribution >= 4 is 22.6 Å². The van der Waals surface area contributed by atoms with Crippen LogP contribution in [0.25, 0.3) is 16.7 Å². The van der Waals surface area contributed by atoms with Gasteiger partial charge in [0, 0.05) is 17.5 Å². The predicted octanol–water partition coefficient (Wildman–Crippen LogP) is 3.92. The fraction of sp³-hybridized carbons (Fsp3) is 0.174. The van der Waals surface area contributed by atoms with Gasteiger partial charge in [-0.25, -0.2) is 9.48 Å². The number of amides is 1. The third kappa shape index (κ3) is 3.96. The van der Waals surface area contributed by atoms with Crippen molar-refractivity contribution in [2.45, 2.75) is 20.8 Å². The summed E-state index contributed by atoms with van der Waals surface area (Å²) in [5.74, 6) is 0.134. The van der Waals surface area contributed by atoms with Crippen LogP contribution in [0, 0.1) is 20.8 Å². The first kappa shape index (κ1) is 19.4. The molecule has 4 rings (SSSR count). The molecular formula is C23H21N3O4. The molecule has 0 saturated carbocycles. The van der Waals surface area contributed by atoms with Crippen LogP contribution in [0.1, 0.15) is 17.0 Å². The molecular weight excluding hydrogens is 382 g/mol. The maximum atomic E-state index is 12.5. The fourth-order valence-electron chi connectivity index (χ4n) is 3.22. The Morgan fingerprint density at radius 1 is 1.07 bits per heavy atom. The van der Waals surface area contributed by atoms with Crippen molar-refractivity contribution in [3.8, 4) is 11.4 Å². The molecule has 4 aromatic rings. The smallest absolute Gasteiger partial charge is 0.336 e. The largest absolute Gasteiger partial charge is 0.484 e. The summed E-state index contributed by atoms with van der Waals surface area (Å²) in [7, 11) is 0. The Balaban J connectivity index is 1.46. The summed E-state index contributed by atoms with van der Waals surface area (Å²) < 4.78 is 12.5. The molecule has 0 bridgehead atoms. The molecule has 2 aromatic heterocycles. The molecule has 0 unspecified atom stereocenters. The highest BCUT2D eigenvalue weighted by Crippen LogP contribution is 2.23. The number of fused-ring (bicyclic) bond motifs is 1. The summed E-state index contributed by atoms with van der Waals surface area (Å²) in [6, 6.07) is 16.1. The van der Waals surface area contributed by atoms with E-state index in [0.717, 1.165) is 16.8 Å². The molecule has 0 aliphatic rings. The molecule has 0 aliphatic heterocycles. The normalized spacial score (nSPS) is 10.9. The van der Waals surface area contributed by atoms with Crippen molar-refractivity contribution in [1.82, 2.24) is 9.78 Å². The predicted molar refractivity (Wildman–Crippen MR) is 114 cm³/mol. The molecule has 0 spiro atoms. The van der Waals surface area contributed by atoms with Crippen molar-refractivity contribution < 1.29 is 13.9 Å². The van der Waals surface area contributed by atoms with E-state index in [1.54, 1.807) is 28.9 Å². The lowest BCUT2D eigenvalue weighted by Gasteiger charge is -2.09. The van der Waals surface area contributed by atoms with Gasteiger partial charge in [0.15, 0.2) is 6.61 Å². The van der Waals surface area contributed by atoms with E-state index in [4.69, 9.17) is 9.15 Å². The zero-order chi connectivity index (χ0) is 21.3. The van der Waals surface area contributed by atoms with Crippen LogP contribution in [-0.2, 0) is 4.79 Å². The van der Waals surface area contributed by atoms with Crippen LogP contribution in [0.2, 0.25) is 0 Å². The first-order chi connectivity index (χ1) is 14.4. The number of nitrogens with zero attached hydrogens (tertiary/aromatic N) is 2. The van der Waals surface area contributed by atoms with Crippen LogP contribution in [-0.4, -0.2) is 22.3 Å². The summed E-state index contributed by atoms with van der Waals surface area (Å²) in [5, 5.41) is 8.20. The molecule has 0 atom stereocenters. The number of hydrogen-bond donors (Lipinski definition) is 1. The van der Waals surface area contributed by atoms with Gasteiger partial charge < -0.3 is 14.5 Å². The highest BCUT2D eigenvalue weighted by molar-refractivity contribution is 5.93. The number of rotatable bonds is 5. The second kappa shape index (κ2) is 7.87. The van der Waals surface area contributed by atoms with Crippen LogP contribution in [0.4, 0.5) is 5.69 Å². The van der Waals surface area contributed by atoms with Gasteiger partial charge in [-0.2, -0.15) is 5.10 Å². The third-order valence-electron chi connectivity index (χ3n) is 4.80. The Bertz CT molecular complexity index is 1290. The molecule has 0 aliphatic carbocycles. The van der Waals surface area contributed by atoms with Crippen LogP contribution < -0.4 is 15.7 Å². The lowest BCUT2D eigenvalue weighted by atomic mass is 10.2. The van der Waals surface area contributed by atoms with E-state index in [2.05, 4.69) is 10.4 Å². The zero-order valence-electron chi connectivity index (χ0n) is 16.9. The average Bonchev–Trinajstić information content (AvgIpc) is 3.00. The van der Waals surface area contributed by atoms with Gasteiger partial charge in [0.2, 0.25) is 0 Å². The second-order valence-corrected chi connectivity index (χ2v) is 7.08. The number of anilines is 1. The van der Waals surface area contributed by atoms with Gasteiger partial charge in [0.25, 0.3) is 5.91 Å². The van der Waals surface area contributed by atoms with E-state index in [1.807, 2.05) is 45.0 Å². The Kier molecular flexibility index (Phi) is 5.10. The maximum Gasteiger partial charge on any atom is 0.336 e. The van der Waals surface area contributed by atoms with Gasteiger partial charge >= 0.3 is 5.63 Å². The van der Waals surface area contributed by atoms with Crippen molar-refractivity contribution in [1.29, 1.82) is 0 Å². The van der Waals surface area contributed by atoms with Crippen LogP contribution in [0.3, 0.4) is 0 Å². The van der Waals surface area contributed by atoms with Crippen molar-refractivity contribution in [3.63, 3.8) is 0 Å². The minimum atomic E-state index is -0.436. The minimum absolute atomic E-state index is 0.183. The molecule has 0 saturated heterocycles. The number of benzene rings is 2. The molecule has 0 radical (unpaired) electrons. The van der Waals surface area contributed by atoms with Gasteiger partial charge in [-0.15, -0.1) is 0 Å². The Morgan fingerprint density at radius 3 is 2.57 bits per heavy atom. The standard InChI is InChI=1S/C23H21N3O4/c1-14-4-8-18(9-5-14)26-16(3)23(15(2)25-26)24-21(27)13-29-19-10-6-17-7-11-22(28)30-20(17)12-19/h4-12H,13H2,1-3H3,(H,24,27). The number of carbonyl (C=O) groups excluding carboxylic acids is 1. The van der Waals surface area contributed by atoms with Gasteiger partial charge in [-0.3, -0.25) is 4.79 Å². The monoisotopic (exact) mass is 403 g/mol. The Labute approximate surface area is 172 Å². The van der Waals surface area contributed by atoms with E-state index >= 15 is 0 Å². The average molecular weight is 403 g/mol. The third-order valence-corrected chi connectivity index (χ3v) is 4.80. The minimum Gasteiger partial charge on any atom is -0.484 e. The molecule has 2 heterocycles. The fourth-order valence-corrected chi connectivity index (χ4v) is 3.22. The van der Waals surface area contributed by atoms with E-state index in [1.165, 1.54) is 11.6 Å². The van der Waals surface area contributed by atoms with Gasteiger partial charge in [-0.1, -0.05) is 17.7 Å². The highest BCUT2D eigenvalue weighted by atomic mass is 16.5. The number of ether oxygens (including phenoxy) is 1. The molecule has 7 heteroatoms. The quantitative estimate of drug-likeness (QED) is 0.511. The van der Waals surface area contributed by atoms with Crippen molar-refractivity contribution in [2.75, 3.05) is 11.9 Å². The number of aromatic nitrogens is 2. The molecule has 1 amide bonds. The SMILES string of the molecule is Cc1ccc(-n2nc(C)c(NC(=O)COc3ccc4ccc(=O)oc4c3)c2C)cc1. The van der Waals surface area contributed by atoms with Gasteiger partial charge in [0.05, 0.1) is 22.8 Å². The number of carbonyl (C=O) groups is 1. The topological polar surface area (TPSA) is 86.4 Å². The summed E-state index contributed by atoms with van der Waals surface area (Å²) in [6.45, 7) is 5.60. The zero-order valence-corrected chi connectivity index (χ0v) is 16.9. The van der Waals surface area contributed by atoms with Crippen LogP contribution >= 0.6 is 0 Å². The molecule has 0 fully saturated rings. The maximum absolute atomic E-state index is 12.5. The van der Waals surface area contributed by atoms with Crippen LogP contribution in [0.15, 0.2) is 63.8 Å². The first-order valence-corrected chi connectivity index (χ1v) is 9.50. The molecule has 152 valence electrons. The molecule has 30 heavy (non-hydrogen) atoms. The second-order valence-electron chi connectivity index (χ2n) is 7.08. The van der Waals surface area contributed by atoms with E-state index < -0.39 is 5.63 Å². The van der Waals surface area contributed by atoms with Crippen LogP contribution in [0.5, 0.6) is 5.75 Å². The van der Waals surface area contributed by atoms with Gasteiger partial charge in [0.1, 0.15) is 11.3 Å². The lowest BCUT2D eigenvalue weighted by Crippen LogP contribution is -2.21. The molecule has 2 aromatic carbocycles. The van der Waals surface area contributed by atoms with Crippen molar-refractivity contribution in [3.05, 3.63) is 82.0 Å².